The molecule has 0 unspecified atom stereocenters. The second kappa shape index (κ2) is 3.92. The van der Waals surface area contributed by atoms with Gasteiger partial charge in [0, 0.05) is 24.3 Å². The molecule has 2 heterocycles. The number of aromatic nitrogens is 1. The first-order valence-corrected chi connectivity index (χ1v) is 5.74. The van der Waals surface area contributed by atoms with Crippen molar-refractivity contribution < 1.29 is 9.15 Å². The van der Waals surface area contributed by atoms with E-state index < -0.39 is 0 Å². The Morgan fingerprint density at radius 2 is 2.06 bits per heavy atom. The van der Waals surface area contributed by atoms with E-state index >= 15 is 0 Å². The van der Waals surface area contributed by atoms with E-state index in [9.17, 15) is 0 Å². The summed E-state index contributed by atoms with van der Waals surface area (Å²) in [5.41, 5.74) is 9.19. The lowest BCUT2D eigenvalue weighted by Gasteiger charge is -2.24. The van der Waals surface area contributed by atoms with Gasteiger partial charge in [-0.3, -0.25) is 0 Å². The Kier molecular flexibility index (Phi) is 2.40. The molecule has 1 aromatic heterocycles. The molecule has 1 aromatic carbocycles. The van der Waals surface area contributed by atoms with Gasteiger partial charge in [-0.05, 0) is 19.1 Å². The van der Waals surface area contributed by atoms with Crippen LogP contribution in [0.1, 0.15) is 5.56 Å². The van der Waals surface area contributed by atoms with E-state index in [-0.39, 0.29) is 0 Å². The van der Waals surface area contributed by atoms with Gasteiger partial charge >= 0.3 is 0 Å². The lowest BCUT2D eigenvalue weighted by molar-refractivity contribution is 0.120. The van der Waals surface area contributed by atoms with Crippen LogP contribution in [0.25, 0.3) is 11.1 Å². The van der Waals surface area contributed by atoms with Crippen molar-refractivity contribution in [2.24, 2.45) is 0 Å². The minimum Gasteiger partial charge on any atom is -0.423 e. The van der Waals surface area contributed by atoms with E-state index in [2.05, 4.69) is 9.88 Å². The van der Waals surface area contributed by atoms with Crippen LogP contribution in [-0.2, 0) is 4.74 Å². The zero-order valence-corrected chi connectivity index (χ0v) is 9.77. The highest BCUT2D eigenvalue weighted by molar-refractivity contribution is 5.82. The van der Waals surface area contributed by atoms with Crippen molar-refractivity contribution in [3.63, 3.8) is 0 Å². The summed E-state index contributed by atoms with van der Waals surface area (Å²) < 4.78 is 11.1. The summed E-state index contributed by atoms with van der Waals surface area (Å²) in [7, 11) is 0. The first-order valence-electron chi connectivity index (χ1n) is 5.74. The maximum atomic E-state index is 5.85. The average molecular weight is 233 g/mol. The standard InChI is InChI=1S/C12H15N3O2/c1-8-9(13)2-3-10-11(8)17-12(14-10)15-4-6-16-7-5-15/h2-3H,4-7,13H2,1H3. The van der Waals surface area contributed by atoms with Gasteiger partial charge in [0.2, 0.25) is 0 Å². The normalized spacial score (nSPS) is 16.6. The molecule has 0 amide bonds. The van der Waals surface area contributed by atoms with E-state index in [0.29, 0.717) is 6.01 Å². The number of fused-ring (bicyclic) bond motifs is 1. The third-order valence-corrected chi connectivity index (χ3v) is 3.12. The first-order chi connectivity index (χ1) is 8.25. The number of aryl methyl sites for hydroxylation is 1. The van der Waals surface area contributed by atoms with Crippen LogP contribution in [0.15, 0.2) is 16.5 Å². The van der Waals surface area contributed by atoms with Crippen molar-refractivity contribution in [3.05, 3.63) is 17.7 Å². The summed E-state index contributed by atoms with van der Waals surface area (Å²) >= 11 is 0. The van der Waals surface area contributed by atoms with Gasteiger partial charge in [0.25, 0.3) is 6.01 Å². The molecule has 0 radical (unpaired) electrons. The fraction of sp³-hybridized carbons (Fsp3) is 0.417. The number of rotatable bonds is 1. The monoisotopic (exact) mass is 233 g/mol. The second-order valence-electron chi connectivity index (χ2n) is 4.22. The predicted molar refractivity (Wildman–Crippen MR) is 66.2 cm³/mol. The zero-order chi connectivity index (χ0) is 11.8. The molecule has 0 spiro atoms. The number of hydrogen-bond donors (Lipinski definition) is 1. The molecule has 2 N–H and O–H groups in total. The maximum absolute atomic E-state index is 5.85. The van der Waals surface area contributed by atoms with E-state index in [1.54, 1.807) is 0 Å². The van der Waals surface area contributed by atoms with Crippen molar-refractivity contribution in [1.82, 2.24) is 4.98 Å². The number of benzene rings is 1. The number of oxazole rings is 1. The summed E-state index contributed by atoms with van der Waals surface area (Å²) in [4.78, 5) is 6.58. The molecule has 1 saturated heterocycles. The van der Waals surface area contributed by atoms with Gasteiger partial charge < -0.3 is 19.8 Å². The number of nitrogen functional groups attached to an aromatic ring is 1. The van der Waals surface area contributed by atoms with Crippen LogP contribution < -0.4 is 10.6 Å². The Bertz CT molecular complexity index is 544. The molecule has 0 aliphatic carbocycles. The minimum absolute atomic E-state index is 0.664. The SMILES string of the molecule is Cc1c(N)ccc2nc(N3CCOCC3)oc12. The second-order valence-corrected chi connectivity index (χ2v) is 4.22. The van der Waals surface area contributed by atoms with E-state index in [4.69, 9.17) is 14.9 Å². The summed E-state index contributed by atoms with van der Waals surface area (Å²) in [6.07, 6.45) is 0. The van der Waals surface area contributed by atoms with Crippen molar-refractivity contribution in [1.29, 1.82) is 0 Å². The van der Waals surface area contributed by atoms with Gasteiger partial charge in [-0.25, -0.2) is 0 Å². The molecule has 5 heteroatoms. The summed E-state index contributed by atoms with van der Waals surface area (Å²) in [6.45, 7) is 5.04. The fourth-order valence-corrected chi connectivity index (χ4v) is 2.02. The van der Waals surface area contributed by atoms with Crippen LogP contribution in [-0.4, -0.2) is 31.3 Å². The van der Waals surface area contributed by atoms with E-state index in [0.717, 1.165) is 48.7 Å². The topological polar surface area (TPSA) is 64.5 Å². The molecular formula is C12H15N3O2. The third-order valence-electron chi connectivity index (χ3n) is 3.12. The largest absolute Gasteiger partial charge is 0.423 e. The Morgan fingerprint density at radius 1 is 1.29 bits per heavy atom. The lowest BCUT2D eigenvalue weighted by atomic mass is 10.2. The predicted octanol–water partition coefficient (Wildman–Crippen LogP) is 1.56. The van der Waals surface area contributed by atoms with Gasteiger partial charge in [-0.2, -0.15) is 4.98 Å². The van der Waals surface area contributed by atoms with Crippen LogP contribution in [0.4, 0.5) is 11.7 Å². The number of nitrogens with zero attached hydrogens (tertiary/aromatic N) is 2. The Hall–Kier alpha value is -1.75. The summed E-state index contributed by atoms with van der Waals surface area (Å²) in [5.74, 6) is 0. The number of hydrogen-bond acceptors (Lipinski definition) is 5. The highest BCUT2D eigenvalue weighted by Gasteiger charge is 2.18. The molecule has 1 fully saturated rings. The molecule has 1 aliphatic heterocycles. The summed E-state index contributed by atoms with van der Waals surface area (Å²) in [6, 6.07) is 4.42. The Labute approximate surface area is 99.2 Å². The van der Waals surface area contributed by atoms with Gasteiger partial charge in [0.05, 0.1) is 13.2 Å². The molecular weight excluding hydrogens is 218 g/mol. The van der Waals surface area contributed by atoms with Crippen LogP contribution in [0, 0.1) is 6.92 Å². The van der Waals surface area contributed by atoms with E-state index in [1.807, 2.05) is 19.1 Å². The van der Waals surface area contributed by atoms with Crippen LogP contribution in [0.5, 0.6) is 0 Å². The van der Waals surface area contributed by atoms with Crippen molar-refractivity contribution in [3.8, 4) is 0 Å². The van der Waals surface area contributed by atoms with Gasteiger partial charge in [-0.1, -0.05) is 0 Å². The summed E-state index contributed by atoms with van der Waals surface area (Å²) in [5, 5.41) is 0. The first kappa shape index (κ1) is 10.4. The lowest BCUT2D eigenvalue weighted by Crippen LogP contribution is -2.36. The highest BCUT2D eigenvalue weighted by Crippen LogP contribution is 2.28. The highest BCUT2D eigenvalue weighted by atomic mass is 16.5. The number of anilines is 2. The fourth-order valence-electron chi connectivity index (χ4n) is 2.02. The van der Waals surface area contributed by atoms with Crippen LogP contribution in [0.2, 0.25) is 0 Å². The van der Waals surface area contributed by atoms with Gasteiger partial charge in [-0.15, -0.1) is 0 Å². The molecule has 5 nitrogen and oxygen atoms in total. The number of ether oxygens (including phenoxy) is 1. The van der Waals surface area contributed by atoms with Gasteiger partial charge in [0.1, 0.15) is 5.52 Å². The van der Waals surface area contributed by atoms with Crippen molar-refractivity contribution in [2.45, 2.75) is 6.92 Å². The van der Waals surface area contributed by atoms with E-state index in [1.165, 1.54) is 0 Å². The van der Waals surface area contributed by atoms with Crippen molar-refractivity contribution in [2.75, 3.05) is 36.9 Å². The zero-order valence-electron chi connectivity index (χ0n) is 9.77. The molecule has 3 rings (SSSR count). The third kappa shape index (κ3) is 1.72. The Morgan fingerprint density at radius 3 is 2.82 bits per heavy atom. The Balaban J connectivity index is 2.04. The molecule has 2 aromatic rings. The van der Waals surface area contributed by atoms with Gasteiger partial charge in [0.15, 0.2) is 5.58 Å². The average Bonchev–Trinajstić information content (AvgIpc) is 2.80. The van der Waals surface area contributed by atoms with Crippen molar-refractivity contribution >= 4 is 22.8 Å². The number of nitrogens with two attached hydrogens (primary N) is 1. The smallest absolute Gasteiger partial charge is 0.298 e. The maximum Gasteiger partial charge on any atom is 0.298 e. The quantitative estimate of drug-likeness (QED) is 0.757. The van der Waals surface area contributed by atoms with Crippen LogP contribution >= 0.6 is 0 Å². The molecule has 0 saturated carbocycles. The minimum atomic E-state index is 0.664. The molecule has 0 bridgehead atoms. The van der Waals surface area contributed by atoms with Crippen LogP contribution in [0.3, 0.4) is 0 Å². The molecule has 0 atom stereocenters. The molecule has 17 heavy (non-hydrogen) atoms. The number of morpholine rings is 1. The molecule has 1 aliphatic rings. The molecule has 90 valence electrons.